The molecule has 1 heterocycles. The first-order valence-electron chi connectivity index (χ1n) is 6.25. The SMILES string of the molecule is CCCc1nc(-c2cc(Cl)cc(Cl)c2)nc(NC)c1Br. The van der Waals surface area contributed by atoms with Crippen molar-refractivity contribution < 1.29 is 0 Å². The minimum Gasteiger partial charge on any atom is -0.372 e. The van der Waals surface area contributed by atoms with Crippen LogP contribution in [-0.2, 0) is 6.42 Å². The van der Waals surface area contributed by atoms with Gasteiger partial charge in [-0.3, -0.25) is 0 Å². The molecule has 0 amide bonds. The molecule has 20 heavy (non-hydrogen) atoms. The second-order valence-electron chi connectivity index (χ2n) is 4.31. The standard InChI is InChI=1S/C14H14BrCl2N3/c1-3-4-11-12(15)14(18-2)20-13(19-11)8-5-9(16)7-10(17)6-8/h5-7H,3-4H2,1-2H3,(H,18,19,20). The van der Waals surface area contributed by atoms with E-state index in [4.69, 9.17) is 23.2 Å². The molecule has 0 atom stereocenters. The van der Waals surface area contributed by atoms with Crippen molar-refractivity contribution in [2.75, 3.05) is 12.4 Å². The van der Waals surface area contributed by atoms with Crippen LogP contribution >= 0.6 is 39.1 Å². The summed E-state index contributed by atoms with van der Waals surface area (Å²) in [5.74, 6) is 1.37. The zero-order chi connectivity index (χ0) is 14.7. The Morgan fingerprint density at radius 3 is 2.35 bits per heavy atom. The maximum atomic E-state index is 6.04. The summed E-state index contributed by atoms with van der Waals surface area (Å²) >= 11 is 15.6. The molecule has 0 radical (unpaired) electrons. The van der Waals surface area contributed by atoms with Gasteiger partial charge in [0.2, 0.25) is 0 Å². The fourth-order valence-electron chi connectivity index (χ4n) is 1.87. The predicted octanol–water partition coefficient (Wildman–Crippen LogP) is 5.21. The summed E-state index contributed by atoms with van der Waals surface area (Å²) in [4.78, 5) is 9.11. The Hall–Kier alpha value is -0.840. The van der Waals surface area contributed by atoms with Crippen molar-refractivity contribution in [2.45, 2.75) is 19.8 Å². The van der Waals surface area contributed by atoms with Gasteiger partial charge in [-0.1, -0.05) is 36.5 Å². The summed E-state index contributed by atoms with van der Waals surface area (Å²) in [5, 5.41) is 4.21. The summed E-state index contributed by atoms with van der Waals surface area (Å²) in [6, 6.07) is 5.31. The Morgan fingerprint density at radius 1 is 1.15 bits per heavy atom. The van der Waals surface area contributed by atoms with E-state index in [1.165, 1.54) is 0 Å². The average Bonchev–Trinajstić information content (AvgIpc) is 2.40. The number of anilines is 1. The molecule has 0 fully saturated rings. The van der Waals surface area contributed by atoms with Crippen LogP contribution in [0.2, 0.25) is 10.0 Å². The lowest BCUT2D eigenvalue weighted by Gasteiger charge is -2.11. The largest absolute Gasteiger partial charge is 0.372 e. The summed E-state index contributed by atoms with van der Waals surface area (Å²) in [6.07, 6.45) is 1.88. The molecule has 0 saturated heterocycles. The van der Waals surface area contributed by atoms with Gasteiger partial charge >= 0.3 is 0 Å². The lowest BCUT2D eigenvalue weighted by atomic mass is 10.2. The van der Waals surface area contributed by atoms with Crippen LogP contribution < -0.4 is 5.32 Å². The lowest BCUT2D eigenvalue weighted by molar-refractivity contribution is 0.869. The molecule has 0 aliphatic rings. The molecular formula is C14H14BrCl2N3. The summed E-state index contributed by atoms with van der Waals surface area (Å²) < 4.78 is 0.902. The third-order valence-electron chi connectivity index (χ3n) is 2.76. The number of nitrogens with one attached hydrogen (secondary N) is 1. The second-order valence-corrected chi connectivity index (χ2v) is 5.98. The number of aromatic nitrogens is 2. The van der Waals surface area contributed by atoms with Crippen LogP contribution in [0.4, 0.5) is 5.82 Å². The van der Waals surface area contributed by atoms with E-state index >= 15 is 0 Å². The highest BCUT2D eigenvalue weighted by Crippen LogP contribution is 2.30. The van der Waals surface area contributed by atoms with Crippen molar-refractivity contribution in [1.82, 2.24) is 9.97 Å². The van der Waals surface area contributed by atoms with Gasteiger partial charge in [-0.05, 0) is 40.5 Å². The third-order valence-corrected chi connectivity index (χ3v) is 4.03. The molecular weight excluding hydrogens is 361 g/mol. The van der Waals surface area contributed by atoms with E-state index in [0.29, 0.717) is 15.9 Å². The van der Waals surface area contributed by atoms with Crippen molar-refractivity contribution in [3.05, 3.63) is 38.4 Å². The summed E-state index contributed by atoms with van der Waals surface area (Å²) in [6.45, 7) is 2.11. The molecule has 0 saturated carbocycles. The number of hydrogen-bond acceptors (Lipinski definition) is 3. The number of nitrogens with zero attached hydrogens (tertiary/aromatic N) is 2. The van der Waals surface area contributed by atoms with Crippen LogP contribution in [0.1, 0.15) is 19.0 Å². The van der Waals surface area contributed by atoms with Gasteiger partial charge in [0.05, 0.1) is 10.2 Å². The molecule has 0 aliphatic heterocycles. The number of rotatable bonds is 4. The van der Waals surface area contributed by atoms with E-state index in [-0.39, 0.29) is 0 Å². The highest BCUT2D eigenvalue weighted by atomic mass is 79.9. The Bertz CT molecular complexity index is 612. The molecule has 1 aromatic carbocycles. The van der Waals surface area contributed by atoms with Gasteiger partial charge in [0.15, 0.2) is 5.82 Å². The minimum absolute atomic E-state index is 0.571. The molecule has 3 nitrogen and oxygen atoms in total. The second kappa shape index (κ2) is 6.74. The molecule has 0 aliphatic carbocycles. The summed E-state index contributed by atoms with van der Waals surface area (Å²) in [7, 11) is 1.83. The zero-order valence-corrected chi connectivity index (χ0v) is 14.3. The molecule has 2 aromatic rings. The van der Waals surface area contributed by atoms with Crippen LogP contribution in [0.3, 0.4) is 0 Å². The van der Waals surface area contributed by atoms with Gasteiger partial charge in [0.25, 0.3) is 0 Å². The Balaban J connectivity index is 2.58. The van der Waals surface area contributed by atoms with Crippen molar-refractivity contribution >= 4 is 44.9 Å². The van der Waals surface area contributed by atoms with Crippen molar-refractivity contribution in [3.63, 3.8) is 0 Å². The molecule has 106 valence electrons. The van der Waals surface area contributed by atoms with Crippen LogP contribution in [0.25, 0.3) is 11.4 Å². The van der Waals surface area contributed by atoms with Crippen molar-refractivity contribution in [1.29, 1.82) is 0 Å². The van der Waals surface area contributed by atoms with Gasteiger partial charge < -0.3 is 5.32 Å². The van der Waals surface area contributed by atoms with E-state index in [9.17, 15) is 0 Å². The van der Waals surface area contributed by atoms with Gasteiger partial charge in [0, 0.05) is 22.7 Å². The van der Waals surface area contributed by atoms with E-state index in [1.807, 2.05) is 19.2 Å². The summed E-state index contributed by atoms with van der Waals surface area (Å²) in [5.41, 5.74) is 1.78. The predicted molar refractivity (Wildman–Crippen MR) is 88.7 cm³/mol. The fraction of sp³-hybridized carbons (Fsp3) is 0.286. The van der Waals surface area contributed by atoms with Gasteiger partial charge in [-0.15, -0.1) is 0 Å². The Kier molecular flexibility index (Phi) is 5.24. The highest BCUT2D eigenvalue weighted by Gasteiger charge is 2.13. The lowest BCUT2D eigenvalue weighted by Crippen LogP contribution is -2.03. The number of hydrogen-bond donors (Lipinski definition) is 1. The zero-order valence-electron chi connectivity index (χ0n) is 11.2. The Morgan fingerprint density at radius 2 is 1.80 bits per heavy atom. The van der Waals surface area contributed by atoms with Crippen LogP contribution in [0.5, 0.6) is 0 Å². The minimum atomic E-state index is 0.571. The number of aryl methyl sites for hydroxylation is 1. The quantitative estimate of drug-likeness (QED) is 0.798. The first-order valence-corrected chi connectivity index (χ1v) is 7.80. The highest BCUT2D eigenvalue weighted by molar-refractivity contribution is 9.10. The molecule has 0 unspecified atom stereocenters. The van der Waals surface area contributed by atoms with E-state index in [2.05, 4.69) is 38.1 Å². The van der Waals surface area contributed by atoms with E-state index in [0.717, 1.165) is 34.4 Å². The van der Waals surface area contributed by atoms with Crippen LogP contribution in [0.15, 0.2) is 22.7 Å². The van der Waals surface area contributed by atoms with E-state index < -0.39 is 0 Å². The maximum absolute atomic E-state index is 6.04. The van der Waals surface area contributed by atoms with Gasteiger partial charge in [0.1, 0.15) is 5.82 Å². The normalized spacial score (nSPS) is 10.7. The van der Waals surface area contributed by atoms with Crippen molar-refractivity contribution in [2.24, 2.45) is 0 Å². The topological polar surface area (TPSA) is 37.8 Å². The Labute approximate surface area is 136 Å². The molecule has 0 spiro atoms. The fourth-order valence-corrected chi connectivity index (χ4v) is 2.97. The first-order chi connectivity index (χ1) is 9.55. The van der Waals surface area contributed by atoms with E-state index in [1.54, 1.807) is 6.07 Å². The molecule has 1 aromatic heterocycles. The van der Waals surface area contributed by atoms with Crippen molar-refractivity contribution in [3.8, 4) is 11.4 Å². The first kappa shape index (κ1) is 15.5. The van der Waals surface area contributed by atoms with Crippen LogP contribution in [-0.4, -0.2) is 17.0 Å². The molecule has 2 rings (SSSR count). The smallest absolute Gasteiger partial charge is 0.161 e. The van der Waals surface area contributed by atoms with Gasteiger partial charge in [-0.25, -0.2) is 9.97 Å². The monoisotopic (exact) mass is 373 g/mol. The number of benzene rings is 1. The third kappa shape index (κ3) is 3.43. The molecule has 6 heteroatoms. The van der Waals surface area contributed by atoms with Crippen LogP contribution in [0, 0.1) is 0 Å². The maximum Gasteiger partial charge on any atom is 0.161 e. The molecule has 1 N–H and O–H groups in total. The van der Waals surface area contributed by atoms with Gasteiger partial charge in [-0.2, -0.15) is 0 Å². The average molecular weight is 375 g/mol. The molecule has 0 bridgehead atoms. The number of halogens is 3.